The number of hydrogen-bond acceptors (Lipinski definition) is 6. The van der Waals surface area contributed by atoms with Gasteiger partial charge in [-0.25, -0.2) is 4.98 Å². The predicted octanol–water partition coefficient (Wildman–Crippen LogP) is 4.98. The van der Waals surface area contributed by atoms with Crippen LogP contribution in [0.3, 0.4) is 0 Å². The van der Waals surface area contributed by atoms with Gasteiger partial charge < -0.3 is 25.6 Å². The molecular formula is C22H33Cl5N6O. The zero-order chi connectivity index (χ0) is 21.3. The molecule has 192 valence electrons. The molecule has 1 fully saturated rings. The zero-order valence-corrected chi connectivity index (χ0v) is 23.2. The molecule has 4 rings (SSSR count). The molecule has 3 aromatic rings. The van der Waals surface area contributed by atoms with Crippen LogP contribution in [0, 0.1) is 13.8 Å². The number of anilines is 1. The summed E-state index contributed by atoms with van der Waals surface area (Å²) in [6, 6.07) is 7.69. The van der Waals surface area contributed by atoms with Crippen LogP contribution in [0.2, 0.25) is 5.02 Å². The first-order valence-electron chi connectivity index (χ1n) is 10.5. The molecule has 1 aliphatic rings. The largest absolute Gasteiger partial charge is 0.506 e. The number of imidazole rings is 1. The topological polar surface area (TPSA) is 92.2 Å². The third-order valence-corrected chi connectivity index (χ3v) is 5.99. The van der Waals surface area contributed by atoms with Crippen LogP contribution in [-0.2, 0) is 6.54 Å². The summed E-state index contributed by atoms with van der Waals surface area (Å²) in [6.45, 7) is 8.05. The quantitative estimate of drug-likeness (QED) is 0.385. The van der Waals surface area contributed by atoms with E-state index in [0.717, 1.165) is 60.7 Å². The van der Waals surface area contributed by atoms with E-state index in [0.29, 0.717) is 29.8 Å². The fourth-order valence-electron chi connectivity index (χ4n) is 4.15. The second-order valence-electron chi connectivity index (χ2n) is 8.08. The van der Waals surface area contributed by atoms with E-state index in [9.17, 15) is 5.11 Å². The van der Waals surface area contributed by atoms with Gasteiger partial charge in [0.05, 0.1) is 17.6 Å². The Morgan fingerprint density at radius 2 is 1.76 bits per heavy atom. The number of hydrogen-bond donors (Lipinski definition) is 3. The second kappa shape index (κ2) is 14.4. The highest BCUT2D eigenvalue weighted by atomic mass is 35.5. The third kappa shape index (κ3) is 7.40. The Labute approximate surface area is 230 Å². The minimum Gasteiger partial charge on any atom is -0.506 e. The van der Waals surface area contributed by atoms with Gasteiger partial charge in [-0.1, -0.05) is 11.6 Å². The van der Waals surface area contributed by atoms with Crippen molar-refractivity contribution in [2.75, 3.05) is 31.5 Å². The zero-order valence-electron chi connectivity index (χ0n) is 19.2. The summed E-state index contributed by atoms with van der Waals surface area (Å²) in [5.41, 5.74) is 10.1. The van der Waals surface area contributed by atoms with Crippen LogP contribution in [-0.4, -0.2) is 56.8 Å². The van der Waals surface area contributed by atoms with E-state index in [1.54, 1.807) is 12.1 Å². The molecular weight excluding hydrogens is 542 g/mol. The molecule has 0 saturated carbocycles. The Kier molecular flexibility index (Phi) is 13.9. The number of likely N-dealkylation sites (tertiary alicyclic amines) is 1. The molecule has 2 aromatic heterocycles. The van der Waals surface area contributed by atoms with E-state index in [1.807, 2.05) is 26.0 Å². The summed E-state index contributed by atoms with van der Waals surface area (Å²) in [6.07, 6.45) is 2.08. The van der Waals surface area contributed by atoms with Crippen LogP contribution in [0.5, 0.6) is 5.75 Å². The lowest BCUT2D eigenvalue weighted by atomic mass is 10.1. The van der Waals surface area contributed by atoms with Crippen LogP contribution in [0.1, 0.15) is 29.8 Å². The number of nitrogens with zero attached hydrogens (tertiary/aromatic N) is 4. The number of nitrogens with two attached hydrogens (primary N) is 1. The van der Waals surface area contributed by atoms with E-state index < -0.39 is 0 Å². The lowest BCUT2D eigenvalue weighted by molar-refractivity contribution is 0.224. The average Bonchev–Trinajstić information content (AvgIpc) is 3.04. The van der Waals surface area contributed by atoms with Crippen LogP contribution >= 0.6 is 61.2 Å². The highest BCUT2D eigenvalue weighted by molar-refractivity contribution is 6.31. The van der Waals surface area contributed by atoms with Crippen LogP contribution in [0.15, 0.2) is 24.3 Å². The lowest BCUT2D eigenvalue weighted by Crippen LogP contribution is -2.41. The van der Waals surface area contributed by atoms with Gasteiger partial charge in [0.25, 0.3) is 0 Å². The van der Waals surface area contributed by atoms with Gasteiger partial charge in [0, 0.05) is 42.9 Å². The summed E-state index contributed by atoms with van der Waals surface area (Å²) >= 11 is 6.36. The normalized spacial score (nSPS) is 13.9. The van der Waals surface area contributed by atoms with E-state index in [4.69, 9.17) is 22.3 Å². The number of piperidine rings is 1. The summed E-state index contributed by atoms with van der Waals surface area (Å²) in [4.78, 5) is 11.8. The van der Waals surface area contributed by atoms with Gasteiger partial charge in [0.15, 0.2) is 0 Å². The van der Waals surface area contributed by atoms with Crippen molar-refractivity contribution in [2.24, 2.45) is 5.73 Å². The minimum atomic E-state index is 0. The van der Waals surface area contributed by atoms with Gasteiger partial charge >= 0.3 is 0 Å². The van der Waals surface area contributed by atoms with Crippen molar-refractivity contribution in [3.8, 4) is 5.75 Å². The molecule has 0 spiro atoms. The number of pyridine rings is 1. The maximum atomic E-state index is 10.3. The summed E-state index contributed by atoms with van der Waals surface area (Å²) in [5.74, 6) is 0.970. The molecule has 34 heavy (non-hydrogen) atoms. The second-order valence-corrected chi connectivity index (χ2v) is 8.52. The number of nitrogens with one attached hydrogen (secondary N) is 1. The highest BCUT2D eigenvalue weighted by Gasteiger charge is 2.22. The van der Waals surface area contributed by atoms with Crippen molar-refractivity contribution in [3.63, 3.8) is 0 Å². The molecule has 1 aliphatic heterocycles. The van der Waals surface area contributed by atoms with E-state index >= 15 is 0 Å². The molecule has 1 aromatic carbocycles. The van der Waals surface area contributed by atoms with Crippen molar-refractivity contribution >= 4 is 78.2 Å². The first-order chi connectivity index (χ1) is 14.4. The standard InChI is InChI=1S/C22H29ClN6O.4ClH/c1-14-11-16(23)12-19-21(14)27-22(26-17-5-8-28(9-6-17)10-7-24)29(19)13-18-20(30)4-3-15(2)25-18;;;;/h3-4,11-12,17,30H,5-10,13,24H2,1-2H3,(H,26,27);4*1H. The summed E-state index contributed by atoms with van der Waals surface area (Å²) in [7, 11) is 0. The van der Waals surface area contributed by atoms with Crippen molar-refractivity contribution in [3.05, 3.63) is 46.2 Å². The van der Waals surface area contributed by atoms with Crippen LogP contribution < -0.4 is 11.1 Å². The maximum absolute atomic E-state index is 10.3. The number of aromatic nitrogens is 3. The minimum absolute atomic E-state index is 0. The molecule has 3 heterocycles. The van der Waals surface area contributed by atoms with Gasteiger partial charge in [-0.15, -0.1) is 49.6 Å². The van der Waals surface area contributed by atoms with Gasteiger partial charge in [0.1, 0.15) is 11.4 Å². The molecule has 0 aliphatic carbocycles. The Hall–Kier alpha value is -1.19. The van der Waals surface area contributed by atoms with Crippen LogP contribution in [0.4, 0.5) is 5.95 Å². The van der Waals surface area contributed by atoms with E-state index in [1.165, 1.54) is 0 Å². The molecule has 0 radical (unpaired) electrons. The number of aromatic hydroxyl groups is 1. The summed E-state index contributed by atoms with van der Waals surface area (Å²) < 4.78 is 2.07. The molecule has 7 nitrogen and oxygen atoms in total. The Bertz CT molecular complexity index is 1060. The van der Waals surface area contributed by atoms with E-state index in [2.05, 4.69) is 19.8 Å². The number of halogens is 5. The smallest absolute Gasteiger partial charge is 0.204 e. The Morgan fingerprint density at radius 3 is 2.41 bits per heavy atom. The number of rotatable bonds is 6. The fraction of sp³-hybridized carbons (Fsp3) is 0.455. The fourth-order valence-corrected chi connectivity index (χ4v) is 4.42. The molecule has 0 unspecified atom stereocenters. The van der Waals surface area contributed by atoms with Gasteiger partial charge in [0.2, 0.25) is 5.95 Å². The van der Waals surface area contributed by atoms with E-state index in [-0.39, 0.29) is 55.4 Å². The Balaban J connectivity index is 0.00000272. The molecule has 4 N–H and O–H groups in total. The van der Waals surface area contributed by atoms with Gasteiger partial charge in [-0.3, -0.25) is 4.98 Å². The van der Waals surface area contributed by atoms with Crippen LogP contribution in [0.25, 0.3) is 11.0 Å². The van der Waals surface area contributed by atoms with Crippen molar-refractivity contribution in [2.45, 2.75) is 39.3 Å². The first kappa shape index (κ1) is 32.8. The summed E-state index contributed by atoms with van der Waals surface area (Å²) in [5, 5.41) is 14.7. The predicted molar refractivity (Wildman–Crippen MR) is 150 cm³/mol. The molecule has 1 saturated heterocycles. The SMILES string of the molecule is Cc1ccc(O)c(Cn2c(NC3CCN(CCN)CC3)nc3c(C)cc(Cl)cc32)n1.Cl.Cl.Cl.Cl. The monoisotopic (exact) mass is 572 g/mol. The van der Waals surface area contributed by atoms with Crippen molar-refractivity contribution in [1.82, 2.24) is 19.4 Å². The molecule has 0 atom stereocenters. The molecule has 0 amide bonds. The molecule has 0 bridgehead atoms. The number of fused-ring (bicyclic) bond motifs is 1. The highest BCUT2D eigenvalue weighted by Crippen LogP contribution is 2.29. The van der Waals surface area contributed by atoms with Gasteiger partial charge in [-0.05, 0) is 56.5 Å². The average molecular weight is 575 g/mol. The molecule has 12 heteroatoms. The lowest BCUT2D eigenvalue weighted by Gasteiger charge is -2.32. The van der Waals surface area contributed by atoms with Crippen molar-refractivity contribution in [1.29, 1.82) is 0 Å². The van der Waals surface area contributed by atoms with Gasteiger partial charge in [-0.2, -0.15) is 0 Å². The first-order valence-corrected chi connectivity index (χ1v) is 10.8. The maximum Gasteiger partial charge on any atom is 0.204 e. The van der Waals surface area contributed by atoms with Crippen molar-refractivity contribution < 1.29 is 5.11 Å². The third-order valence-electron chi connectivity index (χ3n) is 5.77. The Morgan fingerprint density at radius 1 is 1.09 bits per heavy atom. The number of benzene rings is 1. The number of aryl methyl sites for hydroxylation is 2.